The number of methoxy groups -OCH3 is 1. The monoisotopic (exact) mass is 531 g/mol. The molecule has 1 saturated carbocycles. The zero-order valence-electron chi connectivity index (χ0n) is 22.4. The van der Waals surface area contributed by atoms with E-state index in [1.165, 1.54) is 6.42 Å². The van der Waals surface area contributed by atoms with Crippen LogP contribution in [0.3, 0.4) is 0 Å². The van der Waals surface area contributed by atoms with Gasteiger partial charge in [-0.05, 0) is 55.5 Å². The van der Waals surface area contributed by atoms with E-state index >= 15 is 0 Å². The first-order valence-corrected chi connectivity index (χ1v) is 14.1. The Hall–Kier alpha value is -2.65. The average Bonchev–Trinajstić information content (AvgIpc) is 3.25. The van der Waals surface area contributed by atoms with Crippen molar-refractivity contribution >= 4 is 39.3 Å². The summed E-state index contributed by atoms with van der Waals surface area (Å²) < 4.78 is 11.6. The van der Waals surface area contributed by atoms with Gasteiger partial charge in [0.15, 0.2) is 0 Å². The number of ether oxygens (including phenoxy) is 2. The third kappa shape index (κ3) is 9.31. The smallest absolute Gasteiger partial charge is 0.408 e. The first kappa shape index (κ1) is 28.9. The molecule has 2 aromatic rings. The van der Waals surface area contributed by atoms with Crippen LogP contribution in [0.25, 0.3) is 10.1 Å². The summed E-state index contributed by atoms with van der Waals surface area (Å²) in [5, 5.41) is 11.6. The number of fused-ring (bicyclic) bond motifs is 1. The fourth-order valence-corrected chi connectivity index (χ4v) is 5.71. The van der Waals surface area contributed by atoms with E-state index in [-0.39, 0.29) is 12.3 Å². The number of hydrogen-bond donors (Lipinski definition) is 3. The first-order chi connectivity index (χ1) is 17.7. The number of nitrogens with one attached hydrogen (secondary N) is 3. The normalized spacial score (nSPS) is 16.1. The molecule has 9 heteroatoms. The molecule has 1 fully saturated rings. The van der Waals surface area contributed by atoms with Crippen LogP contribution in [-0.2, 0) is 25.5 Å². The highest BCUT2D eigenvalue weighted by Crippen LogP contribution is 2.28. The molecule has 0 aliphatic heterocycles. The lowest BCUT2D eigenvalue weighted by Crippen LogP contribution is -2.55. The number of alkyl carbamates (subject to hydrolysis) is 1. The molecule has 37 heavy (non-hydrogen) atoms. The first-order valence-electron chi connectivity index (χ1n) is 13.2. The standard InChI is InChI=1S/C28H41N3O5S/c1-28(2,3)36-27(34)31-23(17-20-18-37-24-13-9-8-12-21(20)24)26(33)30-22(25(32)29-14-15-35-4)16-19-10-6-5-7-11-19/h8-9,12-13,18-19,22-23H,5-7,10-11,14-17H2,1-4H3,(H,29,32)(H,30,33)(H,31,34)/t22-,23?/m0/s1. The molecule has 3 rings (SSSR count). The minimum absolute atomic E-state index is 0.229. The van der Waals surface area contributed by atoms with Gasteiger partial charge in [0, 0.05) is 24.8 Å². The predicted molar refractivity (Wildman–Crippen MR) is 147 cm³/mol. The van der Waals surface area contributed by atoms with Crippen molar-refractivity contribution in [3.8, 4) is 0 Å². The van der Waals surface area contributed by atoms with Crippen LogP contribution >= 0.6 is 11.3 Å². The number of carbonyl (C=O) groups excluding carboxylic acids is 3. The molecule has 2 atom stereocenters. The van der Waals surface area contributed by atoms with Crippen LogP contribution in [0.5, 0.6) is 0 Å². The van der Waals surface area contributed by atoms with Gasteiger partial charge in [-0.25, -0.2) is 4.79 Å². The van der Waals surface area contributed by atoms with Gasteiger partial charge in [-0.1, -0.05) is 50.3 Å². The Kier molecular flexibility index (Phi) is 10.8. The number of hydrogen-bond acceptors (Lipinski definition) is 6. The van der Waals surface area contributed by atoms with E-state index in [4.69, 9.17) is 9.47 Å². The van der Waals surface area contributed by atoms with Crippen LogP contribution in [0.4, 0.5) is 4.79 Å². The van der Waals surface area contributed by atoms with Crippen LogP contribution in [0, 0.1) is 5.92 Å². The van der Waals surface area contributed by atoms with Gasteiger partial charge in [-0.2, -0.15) is 0 Å². The zero-order valence-corrected chi connectivity index (χ0v) is 23.2. The molecule has 1 aliphatic carbocycles. The van der Waals surface area contributed by atoms with Crippen LogP contribution in [0.2, 0.25) is 0 Å². The fourth-order valence-electron chi connectivity index (χ4n) is 4.73. The summed E-state index contributed by atoms with van der Waals surface area (Å²) in [7, 11) is 1.58. The van der Waals surface area contributed by atoms with E-state index in [1.807, 2.05) is 29.6 Å². The SMILES string of the molecule is COCCNC(=O)[C@H](CC1CCCCC1)NC(=O)C(Cc1csc2ccccc12)NC(=O)OC(C)(C)C. The lowest BCUT2D eigenvalue weighted by molar-refractivity contribution is -0.130. The van der Waals surface area contributed by atoms with E-state index in [9.17, 15) is 14.4 Å². The molecular weight excluding hydrogens is 490 g/mol. The zero-order chi connectivity index (χ0) is 26.8. The van der Waals surface area contributed by atoms with Crippen molar-refractivity contribution < 1.29 is 23.9 Å². The van der Waals surface area contributed by atoms with Crippen molar-refractivity contribution in [1.82, 2.24) is 16.0 Å². The number of benzene rings is 1. The van der Waals surface area contributed by atoms with Crippen LogP contribution < -0.4 is 16.0 Å². The lowest BCUT2D eigenvalue weighted by atomic mass is 9.84. The third-order valence-corrected chi connectivity index (χ3v) is 7.54. The number of amides is 3. The molecule has 1 unspecified atom stereocenters. The summed E-state index contributed by atoms with van der Waals surface area (Å²) >= 11 is 1.60. The molecule has 1 heterocycles. The summed E-state index contributed by atoms with van der Waals surface area (Å²) in [6, 6.07) is 6.40. The Morgan fingerprint density at radius 1 is 1.03 bits per heavy atom. The second kappa shape index (κ2) is 13.8. The van der Waals surface area contributed by atoms with Crippen LogP contribution in [0.1, 0.15) is 64.9 Å². The molecule has 0 spiro atoms. The predicted octanol–water partition coefficient (Wildman–Crippen LogP) is 4.55. The summed E-state index contributed by atoms with van der Waals surface area (Å²) in [5.41, 5.74) is 0.260. The van der Waals surface area contributed by atoms with Crippen molar-refractivity contribution in [3.63, 3.8) is 0 Å². The summed E-state index contributed by atoms with van der Waals surface area (Å²) in [4.78, 5) is 39.3. The van der Waals surface area contributed by atoms with Gasteiger partial charge in [-0.3, -0.25) is 9.59 Å². The highest BCUT2D eigenvalue weighted by molar-refractivity contribution is 7.17. The van der Waals surface area contributed by atoms with Crippen LogP contribution in [0.15, 0.2) is 29.6 Å². The van der Waals surface area contributed by atoms with Gasteiger partial charge in [0.05, 0.1) is 6.61 Å². The van der Waals surface area contributed by atoms with E-state index in [2.05, 4.69) is 16.0 Å². The van der Waals surface area contributed by atoms with E-state index in [0.717, 1.165) is 41.3 Å². The Morgan fingerprint density at radius 2 is 1.76 bits per heavy atom. The Morgan fingerprint density at radius 3 is 2.46 bits per heavy atom. The highest BCUT2D eigenvalue weighted by Gasteiger charge is 2.31. The molecule has 0 saturated heterocycles. The summed E-state index contributed by atoms with van der Waals surface area (Å²) in [6.45, 7) is 6.09. The van der Waals surface area contributed by atoms with Gasteiger partial charge < -0.3 is 25.4 Å². The highest BCUT2D eigenvalue weighted by atomic mass is 32.1. The lowest BCUT2D eigenvalue weighted by Gasteiger charge is -2.28. The third-order valence-electron chi connectivity index (χ3n) is 6.52. The maximum Gasteiger partial charge on any atom is 0.408 e. The molecule has 0 bridgehead atoms. The van der Waals surface area contributed by atoms with E-state index in [0.29, 0.717) is 25.5 Å². The van der Waals surface area contributed by atoms with Gasteiger partial charge >= 0.3 is 6.09 Å². The topological polar surface area (TPSA) is 106 Å². The molecule has 1 aromatic carbocycles. The average molecular weight is 532 g/mol. The quantitative estimate of drug-likeness (QED) is 0.369. The minimum Gasteiger partial charge on any atom is -0.444 e. The second-order valence-electron chi connectivity index (χ2n) is 10.7. The Labute approximate surface area is 223 Å². The molecule has 204 valence electrons. The molecular formula is C28H41N3O5S. The van der Waals surface area contributed by atoms with Gasteiger partial charge in [0.2, 0.25) is 11.8 Å². The van der Waals surface area contributed by atoms with Crippen molar-refractivity contribution in [2.24, 2.45) is 5.92 Å². The largest absolute Gasteiger partial charge is 0.444 e. The molecule has 8 nitrogen and oxygen atoms in total. The minimum atomic E-state index is -0.895. The molecule has 0 radical (unpaired) electrons. The van der Waals surface area contributed by atoms with E-state index in [1.54, 1.807) is 39.2 Å². The van der Waals surface area contributed by atoms with Crippen LogP contribution in [-0.4, -0.2) is 55.9 Å². The van der Waals surface area contributed by atoms with Crippen molar-refractivity contribution in [1.29, 1.82) is 0 Å². The number of thiophene rings is 1. The Bertz CT molecular complexity index is 1040. The van der Waals surface area contributed by atoms with Crippen molar-refractivity contribution in [3.05, 3.63) is 35.2 Å². The summed E-state index contributed by atoms with van der Waals surface area (Å²) in [5.74, 6) is -0.248. The molecule has 3 N–H and O–H groups in total. The number of rotatable bonds is 11. The maximum atomic E-state index is 13.6. The molecule has 3 amide bonds. The molecule has 1 aliphatic rings. The van der Waals surface area contributed by atoms with Gasteiger partial charge in [0.1, 0.15) is 17.7 Å². The second-order valence-corrected chi connectivity index (χ2v) is 11.7. The summed E-state index contributed by atoms with van der Waals surface area (Å²) in [6.07, 6.45) is 5.80. The van der Waals surface area contributed by atoms with E-state index < -0.39 is 29.7 Å². The maximum absolute atomic E-state index is 13.6. The van der Waals surface area contributed by atoms with Crippen molar-refractivity contribution in [2.75, 3.05) is 20.3 Å². The van der Waals surface area contributed by atoms with Gasteiger partial charge in [-0.15, -0.1) is 11.3 Å². The molecule has 1 aromatic heterocycles. The van der Waals surface area contributed by atoms with Crippen molar-refractivity contribution in [2.45, 2.75) is 83.4 Å². The van der Waals surface area contributed by atoms with Gasteiger partial charge in [0.25, 0.3) is 0 Å². The Balaban J connectivity index is 1.78. The fraction of sp³-hybridized carbons (Fsp3) is 0.607. The number of carbonyl (C=O) groups is 3.